The van der Waals surface area contributed by atoms with Gasteiger partial charge in [0.05, 0.1) is 24.4 Å². The van der Waals surface area contributed by atoms with Gasteiger partial charge in [-0.3, -0.25) is 14.4 Å². The van der Waals surface area contributed by atoms with Crippen LogP contribution in [0.5, 0.6) is 0 Å². The summed E-state index contributed by atoms with van der Waals surface area (Å²) in [5.41, 5.74) is 2.83. The quantitative estimate of drug-likeness (QED) is 0.431. The first-order chi connectivity index (χ1) is 17.2. The lowest BCUT2D eigenvalue weighted by molar-refractivity contribution is -0.140. The highest BCUT2D eigenvalue weighted by Gasteiger charge is 2.28. The van der Waals surface area contributed by atoms with E-state index < -0.39 is 29.6 Å². The molecule has 0 radical (unpaired) electrons. The molecule has 10 nitrogen and oxygen atoms in total. The Hall–Kier alpha value is -3.99. The van der Waals surface area contributed by atoms with Crippen molar-refractivity contribution in [2.45, 2.75) is 32.7 Å². The normalized spacial score (nSPS) is 17.0. The van der Waals surface area contributed by atoms with Crippen molar-refractivity contribution < 1.29 is 33.4 Å². The smallest absolute Gasteiger partial charge is 0.326 e. The number of benzene rings is 1. The Morgan fingerprint density at radius 3 is 2.67 bits per heavy atom. The van der Waals surface area contributed by atoms with Crippen molar-refractivity contribution in [1.29, 1.82) is 0 Å². The molecule has 0 aliphatic carbocycles. The lowest BCUT2D eigenvalue weighted by Gasteiger charge is -2.27. The highest BCUT2D eigenvalue weighted by atomic mass is 19.1. The van der Waals surface area contributed by atoms with Gasteiger partial charge in [0.2, 0.25) is 5.91 Å². The molecule has 1 saturated heterocycles. The van der Waals surface area contributed by atoms with Crippen LogP contribution in [0.2, 0.25) is 0 Å². The highest BCUT2D eigenvalue weighted by Crippen LogP contribution is 2.34. The van der Waals surface area contributed by atoms with E-state index in [0.717, 1.165) is 0 Å². The number of carboxylic acids is 1. The van der Waals surface area contributed by atoms with Crippen molar-refractivity contribution in [2.75, 3.05) is 31.6 Å². The molecule has 1 aromatic carbocycles. The number of H-pyrrole nitrogens is 1. The van der Waals surface area contributed by atoms with Crippen molar-refractivity contribution in [1.82, 2.24) is 15.2 Å². The maximum atomic E-state index is 13.8. The van der Waals surface area contributed by atoms with Gasteiger partial charge in [-0.2, -0.15) is 0 Å². The summed E-state index contributed by atoms with van der Waals surface area (Å²) in [6.45, 7) is 5.12. The molecule has 0 unspecified atom stereocenters. The largest absolute Gasteiger partial charge is 0.480 e. The van der Waals surface area contributed by atoms with Crippen molar-refractivity contribution in [3.8, 4) is 0 Å². The standard InChI is InChI=1S/C25H27FN4O6/c1-13-20(12-17-16-11-15(26)3-4-18(16)28-23(17)32)27-14(2)22(13)24(33)29-19(25(34)35)5-6-21(31)30-7-9-36-10-8-30/h3-4,11-12,19,27H,5-10H2,1-2H3,(H,28,32)(H,29,33)(H,34,35)/b17-12-/t19-/m1/s1. The van der Waals surface area contributed by atoms with Gasteiger partial charge in [0, 0.05) is 42.1 Å². The van der Waals surface area contributed by atoms with Gasteiger partial charge in [0.25, 0.3) is 11.8 Å². The molecule has 1 fully saturated rings. The number of ether oxygens (including phenoxy) is 1. The average molecular weight is 499 g/mol. The summed E-state index contributed by atoms with van der Waals surface area (Å²) in [6.07, 6.45) is 1.46. The van der Waals surface area contributed by atoms with E-state index in [2.05, 4.69) is 15.6 Å². The van der Waals surface area contributed by atoms with Crippen LogP contribution in [0.3, 0.4) is 0 Å². The summed E-state index contributed by atoms with van der Waals surface area (Å²) in [4.78, 5) is 54.3. The molecular weight excluding hydrogens is 471 g/mol. The van der Waals surface area contributed by atoms with E-state index in [4.69, 9.17) is 4.74 Å². The van der Waals surface area contributed by atoms with E-state index in [1.165, 1.54) is 24.3 Å². The summed E-state index contributed by atoms with van der Waals surface area (Å²) in [7, 11) is 0. The van der Waals surface area contributed by atoms with Crippen LogP contribution in [0.25, 0.3) is 11.6 Å². The predicted octanol–water partition coefficient (Wildman–Crippen LogP) is 2.09. The fourth-order valence-electron chi connectivity index (χ4n) is 4.43. The Morgan fingerprint density at radius 1 is 1.25 bits per heavy atom. The van der Waals surface area contributed by atoms with E-state index in [1.54, 1.807) is 18.7 Å². The molecule has 3 amide bonds. The maximum absolute atomic E-state index is 13.8. The number of halogens is 1. The summed E-state index contributed by atoms with van der Waals surface area (Å²) in [5, 5.41) is 14.8. The molecule has 190 valence electrons. The molecule has 1 aromatic heterocycles. The number of amides is 3. The van der Waals surface area contributed by atoms with Gasteiger partial charge in [0.1, 0.15) is 11.9 Å². The Labute approximate surface area is 206 Å². The third-order valence-electron chi connectivity index (χ3n) is 6.37. The molecule has 1 atom stereocenters. The van der Waals surface area contributed by atoms with Crippen LogP contribution in [0.4, 0.5) is 10.1 Å². The number of carboxylic acid groups (broad SMARTS) is 1. The topological polar surface area (TPSA) is 141 Å². The maximum Gasteiger partial charge on any atom is 0.326 e. The summed E-state index contributed by atoms with van der Waals surface area (Å²) >= 11 is 0. The summed E-state index contributed by atoms with van der Waals surface area (Å²) in [6, 6.07) is 2.73. The molecule has 4 N–H and O–H groups in total. The minimum atomic E-state index is -1.26. The molecule has 2 aromatic rings. The lowest BCUT2D eigenvalue weighted by Crippen LogP contribution is -2.44. The van der Waals surface area contributed by atoms with Crippen LogP contribution < -0.4 is 10.6 Å². The molecule has 2 aliphatic rings. The van der Waals surface area contributed by atoms with Crippen LogP contribution in [-0.2, 0) is 19.1 Å². The fraction of sp³-hybridized carbons (Fsp3) is 0.360. The number of aromatic amines is 1. The van der Waals surface area contributed by atoms with Crippen molar-refractivity contribution in [3.63, 3.8) is 0 Å². The second-order valence-corrected chi connectivity index (χ2v) is 8.76. The minimum Gasteiger partial charge on any atom is -0.480 e. The average Bonchev–Trinajstić information content (AvgIpc) is 3.31. The van der Waals surface area contributed by atoms with E-state index in [-0.39, 0.29) is 29.9 Å². The molecule has 11 heteroatoms. The van der Waals surface area contributed by atoms with E-state index in [1.807, 2.05) is 0 Å². The van der Waals surface area contributed by atoms with Gasteiger partial charge in [-0.05, 0) is 50.1 Å². The van der Waals surface area contributed by atoms with Crippen LogP contribution in [0, 0.1) is 19.7 Å². The van der Waals surface area contributed by atoms with Gasteiger partial charge in [-0.15, -0.1) is 0 Å². The molecular formula is C25H27FN4O6. The molecule has 4 rings (SSSR count). The number of fused-ring (bicyclic) bond motifs is 1. The van der Waals surface area contributed by atoms with Crippen molar-refractivity contribution in [3.05, 3.63) is 52.1 Å². The zero-order valence-electron chi connectivity index (χ0n) is 19.9. The van der Waals surface area contributed by atoms with Gasteiger partial charge in [-0.25, -0.2) is 9.18 Å². The van der Waals surface area contributed by atoms with Crippen LogP contribution in [0.15, 0.2) is 18.2 Å². The second-order valence-electron chi connectivity index (χ2n) is 8.76. The number of aliphatic carboxylic acids is 1. The van der Waals surface area contributed by atoms with Gasteiger partial charge < -0.3 is 30.4 Å². The molecule has 0 saturated carbocycles. The van der Waals surface area contributed by atoms with Gasteiger partial charge in [0.15, 0.2) is 0 Å². The molecule has 36 heavy (non-hydrogen) atoms. The van der Waals surface area contributed by atoms with E-state index >= 15 is 0 Å². The number of rotatable bonds is 7. The predicted molar refractivity (Wildman–Crippen MR) is 129 cm³/mol. The number of morpholine rings is 1. The number of nitrogens with zero attached hydrogens (tertiary/aromatic N) is 1. The summed E-state index contributed by atoms with van der Waals surface area (Å²) in [5.74, 6) is -2.92. The van der Waals surface area contributed by atoms with Crippen LogP contribution in [0.1, 0.15) is 45.7 Å². The van der Waals surface area contributed by atoms with Crippen LogP contribution >= 0.6 is 0 Å². The lowest BCUT2D eigenvalue weighted by atomic mass is 10.0. The Balaban J connectivity index is 1.50. The number of hydrogen-bond acceptors (Lipinski definition) is 5. The third-order valence-corrected chi connectivity index (χ3v) is 6.37. The number of carbonyl (C=O) groups excluding carboxylic acids is 3. The summed E-state index contributed by atoms with van der Waals surface area (Å²) < 4.78 is 19.0. The molecule has 3 heterocycles. The number of aryl methyl sites for hydroxylation is 1. The van der Waals surface area contributed by atoms with Crippen LogP contribution in [-0.4, -0.2) is 71.0 Å². The monoisotopic (exact) mass is 498 g/mol. The number of carbonyl (C=O) groups is 4. The second kappa shape index (κ2) is 10.3. The zero-order chi connectivity index (χ0) is 26.0. The first-order valence-corrected chi connectivity index (χ1v) is 11.6. The molecule has 0 spiro atoms. The first kappa shape index (κ1) is 25.1. The zero-order valence-corrected chi connectivity index (χ0v) is 19.9. The van der Waals surface area contributed by atoms with Crippen molar-refractivity contribution >= 4 is 41.0 Å². The SMILES string of the molecule is Cc1[nH]c(/C=C2\C(=O)Nc3ccc(F)cc32)c(C)c1C(=O)N[C@H](CCC(=O)N1CCOCC1)C(=O)O. The number of nitrogens with one attached hydrogen (secondary N) is 3. The van der Waals surface area contributed by atoms with E-state index in [0.29, 0.717) is 54.5 Å². The fourth-order valence-corrected chi connectivity index (χ4v) is 4.43. The number of aromatic nitrogens is 1. The Kier molecular flexibility index (Phi) is 7.20. The number of anilines is 1. The van der Waals surface area contributed by atoms with Crippen molar-refractivity contribution in [2.24, 2.45) is 0 Å². The van der Waals surface area contributed by atoms with E-state index in [9.17, 15) is 28.7 Å². The minimum absolute atomic E-state index is 0.0230. The Morgan fingerprint density at radius 2 is 1.97 bits per heavy atom. The van der Waals surface area contributed by atoms with Gasteiger partial charge in [-0.1, -0.05) is 0 Å². The Bertz CT molecular complexity index is 1260. The number of hydrogen-bond donors (Lipinski definition) is 4. The van der Waals surface area contributed by atoms with Gasteiger partial charge >= 0.3 is 5.97 Å². The molecule has 0 bridgehead atoms. The first-order valence-electron chi connectivity index (χ1n) is 11.6. The third kappa shape index (κ3) is 5.15. The molecule has 2 aliphatic heterocycles. The highest BCUT2D eigenvalue weighted by molar-refractivity contribution is 6.34.